The number of hydrogen-bond acceptors (Lipinski definition) is 3. The summed E-state index contributed by atoms with van der Waals surface area (Å²) >= 11 is 0. The fourth-order valence-electron chi connectivity index (χ4n) is 2.41. The van der Waals surface area contributed by atoms with Gasteiger partial charge >= 0.3 is 0 Å². The molecule has 0 spiro atoms. The van der Waals surface area contributed by atoms with Crippen LogP contribution in [0.3, 0.4) is 0 Å². The van der Waals surface area contributed by atoms with Gasteiger partial charge in [-0.2, -0.15) is 0 Å². The third-order valence-corrected chi connectivity index (χ3v) is 3.56. The average Bonchev–Trinajstić information content (AvgIpc) is 2.85. The van der Waals surface area contributed by atoms with Crippen LogP contribution in [0.25, 0.3) is 0 Å². The average molecular weight is 255 g/mol. The summed E-state index contributed by atoms with van der Waals surface area (Å²) in [7, 11) is 1.70. The molecule has 1 heterocycles. The summed E-state index contributed by atoms with van der Waals surface area (Å²) in [5, 5.41) is 6.08. The predicted molar refractivity (Wildman–Crippen MR) is 71.2 cm³/mol. The first-order valence-electron chi connectivity index (χ1n) is 6.83. The fourth-order valence-corrected chi connectivity index (χ4v) is 2.41. The maximum atomic E-state index is 12.4. The van der Waals surface area contributed by atoms with Crippen molar-refractivity contribution in [1.29, 1.82) is 0 Å². The first-order chi connectivity index (χ1) is 8.55. The molecule has 104 valence electrons. The van der Waals surface area contributed by atoms with E-state index < -0.39 is 5.54 Å². The third-order valence-electron chi connectivity index (χ3n) is 3.56. The molecule has 0 aromatic carbocycles. The number of rotatable bonds is 6. The zero-order chi connectivity index (χ0) is 13.6. The minimum atomic E-state index is -0.445. The minimum absolute atomic E-state index is 0.0362. The zero-order valence-corrected chi connectivity index (χ0v) is 11.7. The molecule has 0 bridgehead atoms. The van der Waals surface area contributed by atoms with Crippen LogP contribution < -0.4 is 10.6 Å². The molecule has 1 saturated heterocycles. The molecule has 2 N–H and O–H groups in total. The highest BCUT2D eigenvalue weighted by atomic mass is 16.2. The quantitative estimate of drug-likeness (QED) is 0.726. The van der Waals surface area contributed by atoms with Gasteiger partial charge in [0.25, 0.3) is 0 Å². The number of likely N-dealkylation sites (N-methyl/N-ethyl adjacent to an activating group) is 1. The molecular weight excluding hydrogens is 230 g/mol. The van der Waals surface area contributed by atoms with E-state index >= 15 is 0 Å². The molecule has 1 aliphatic rings. The van der Waals surface area contributed by atoms with Crippen molar-refractivity contribution >= 4 is 11.8 Å². The Morgan fingerprint density at radius 3 is 2.61 bits per heavy atom. The lowest BCUT2D eigenvalue weighted by Gasteiger charge is -2.31. The lowest BCUT2D eigenvalue weighted by Crippen LogP contribution is -2.55. The molecule has 1 rings (SSSR count). The van der Waals surface area contributed by atoms with Gasteiger partial charge in [-0.3, -0.25) is 9.59 Å². The molecule has 18 heavy (non-hydrogen) atoms. The van der Waals surface area contributed by atoms with Gasteiger partial charge in [0.15, 0.2) is 0 Å². The van der Waals surface area contributed by atoms with Crippen LogP contribution in [0.2, 0.25) is 0 Å². The highest BCUT2D eigenvalue weighted by Gasteiger charge is 2.41. The summed E-state index contributed by atoms with van der Waals surface area (Å²) in [4.78, 5) is 25.5. The van der Waals surface area contributed by atoms with Crippen molar-refractivity contribution in [2.24, 2.45) is 0 Å². The largest absolute Gasteiger partial charge is 0.355 e. The molecule has 0 saturated carbocycles. The van der Waals surface area contributed by atoms with E-state index in [2.05, 4.69) is 10.6 Å². The van der Waals surface area contributed by atoms with Crippen LogP contribution in [0.5, 0.6) is 0 Å². The maximum Gasteiger partial charge on any atom is 0.243 e. The Bertz CT molecular complexity index is 299. The van der Waals surface area contributed by atoms with Gasteiger partial charge in [-0.25, -0.2) is 0 Å². The van der Waals surface area contributed by atoms with Crippen LogP contribution in [-0.4, -0.2) is 48.9 Å². The number of amides is 2. The van der Waals surface area contributed by atoms with E-state index in [0.717, 1.165) is 32.2 Å². The molecule has 5 heteroatoms. The van der Waals surface area contributed by atoms with Crippen molar-refractivity contribution in [3.05, 3.63) is 0 Å². The standard InChI is InChI=1S/C13H25N3O2/c1-4-8-14-11(17)10-16(3)12(18)13(5-2)7-6-9-15-13/h15H,4-10H2,1-3H3,(H,14,17). The topological polar surface area (TPSA) is 61.4 Å². The normalized spacial score (nSPS) is 22.8. The molecule has 0 aliphatic carbocycles. The number of nitrogens with one attached hydrogen (secondary N) is 2. The van der Waals surface area contributed by atoms with Gasteiger partial charge in [0, 0.05) is 13.6 Å². The minimum Gasteiger partial charge on any atom is -0.355 e. The van der Waals surface area contributed by atoms with Crippen molar-refractivity contribution in [3.63, 3.8) is 0 Å². The molecule has 0 aromatic heterocycles. The third kappa shape index (κ3) is 3.45. The number of hydrogen-bond donors (Lipinski definition) is 2. The Balaban J connectivity index is 2.52. The van der Waals surface area contributed by atoms with Crippen LogP contribution in [0.4, 0.5) is 0 Å². The van der Waals surface area contributed by atoms with E-state index in [1.807, 2.05) is 13.8 Å². The molecular formula is C13H25N3O2. The lowest BCUT2D eigenvalue weighted by atomic mass is 9.92. The van der Waals surface area contributed by atoms with Crippen LogP contribution in [0, 0.1) is 0 Å². The van der Waals surface area contributed by atoms with Crippen LogP contribution >= 0.6 is 0 Å². The highest BCUT2D eigenvalue weighted by molar-refractivity contribution is 5.90. The number of nitrogens with zero attached hydrogens (tertiary/aromatic N) is 1. The molecule has 1 aliphatic heterocycles. The zero-order valence-electron chi connectivity index (χ0n) is 11.7. The highest BCUT2D eigenvalue weighted by Crippen LogP contribution is 2.24. The van der Waals surface area contributed by atoms with Crippen molar-refractivity contribution in [3.8, 4) is 0 Å². The molecule has 0 radical (unpaired) electrons. The molecule has 0 aromatic rings. The summed E-state index contributed by atoms with van der Waals surface area (Å²) < 4.78 is 0. The first-order valence-corrected chi connectivity index (χ1v) is 6.83. The second-order valence-corrected chi connectivity index (χ2v) is 4.98. The van der Waals surface area contributed by atoms with E-state index in [9.17, 15) is 9.59 Å². The lowest BCUT2D eigenvalue weighted by molar-refractivity contribution is -0.140. The predicted octanol–water partition coefficient (Wildman–Crippen LogP) is 0.503. The molecule has 1 unspecified atom stereocenters. The Morgan fingerprint density at radius 1 is 1.39 bits per heavy atom. The second kappa shape index (κ2) is 6.73. The fraction of sp³-hybridized carbons (Fsp3) is 0.846. The van der Waals surface area contributed by atoms with Crippen LogP contribution in [-0.2, 0) is 9.59 Å². The monoisotopic (exact) mass is 255 g/mol. The Labute approximate surface area is 109 Å². The van der Waals surface area contributed by atoms with Crippen LogP contribution in [0.1, 0.15) is 39.5 Å². The van der Waals surface area contributed by atoms with E-state index in [4.69, 9.17) is 0 Å². The van der Waals surface area contributed by atoms with Crippen molar-refractivity contribution in [2.75, 3.05) is 26.7 Å². The van der Waals surface area contributed by atoms with Gasteiger partial charge in [-0.15, -0.1) is 0 Å². The molecule has 5 nitrogen and oxygen atoms in total. The number of carbonyl (C=O) groups is 2. The second-order valence-electron chi connectivity index (χ2n) is 4.98. The van der Waals surface area contributed by atoms with Gasteiger partial charge in [0.1, 0.15) is 0 Å². The maximum absolute atomic E-state index is 12.4. The van der Waals surface area contributed by atoms with Crippen molar-refractivity contribution in [2.45, 2.75) is 45.1 Å². The van der Waals surface area contributed by atoms with Crippen molar-refractivity contribution in [1.82, 2.24) is 15.5 Å². The summed E-state index contributed by atoms with van der Waals surface area (Å²) in [6.45, 7) is 5.71. The number of carbonyl (C=O) groups excluding carboxylic acids is 2. The molecule has 2 amide bonds. The van der Waals surface area contributed by atoms with Gasteiger partial charge < -0.3 is 15.5 Å². The van der Waals surface area contributed by atoms with E-state index in [1.54, 1.807) is 7.05 Å². The van der Waals surface area contributed by atoms with Crippen molar-refractivity contribution < 1.29 is 9.59 Å². The van der Waals surface area contributed by atoms with E-state index in [0.29, 0.717) is 6.54 Å². The summed E-state index contributed by atoms with van der Waals surface area (Å²) in [5.41, 5.74) is -0.445. The van der Waals surface area contributed by atoms with Gasteiger partial charge in [-0.1, -0.05) is 13.8 Å². The SMILES string of the molecule is CCCNC(=O)CN(C)C(=O)C1(CC)CCCN1. The Morgan fingerprint density at radius 2 is 2.11 bits per heavy atom. The summed E-state index contributed by atoms with van der Waals surface area (Å²) in [5.74, 6) is -0.0499. The Kier molecular flexibility index (Phi) is 5.59. The van der Waals surface area contributed by atoms with E-state index in [1.165, 1.54) is 4.90 Å². The molecule has 1 atom stereocenters. The summed E-state index contributed by atoms with van der Waals surface area (Å²) in [6.07, 6.45) is 3.56. The first kappa shape index (κ1) is 15.0. The summed E-state index contributed by atoms with van der Waals surface area (Å²) in [6, 6.07) is 0. The Hall–Kier alpha value is -1.10. The van der Waals surface area contributed by atoms with Gasteiger partial charge in [0.2, 0.25) is 11.8 Å². The molecule has 1 fully saturated rings. The van der Waals surface area contributed by atoms with Crippen LogP contribution in [0.15, 0.2) is 0 Å². The van der Waals surface area contributed by atoms with E-state index in [-0.39, 0.29) is 18.4 Å². The smallest absolute Gasteiger partial charge is 0.243 e. The van der Waals surface area contributed by atoms with Gasteiger partial charge in [-0.05, 0) is 32.2 Å². The van der Waals surface area contributed by atoms with Gasteiger partial charge in [0.05, 0.1) is 12.1 Å².